The second kappa shape index (κ2) is 13.1. The van der Waals surface area contributed by atoms with E-state index in [-0.39, 0.29) is 25.5 Å². The van der Waals surface area contributed by atoms with Crippen molar-refractivity contribution in [3.63, 3.8) is 0 Å². The summed E-state index contributed by atoms with van der Waals surface area (Å²) in [6.07, 6.45) is 4.00. The van der Waals surface area contributed by atoms with Crippen molar-refractivity contribution in [3.8, 4) is 0 Å². The predicted molar refractivity (Wildman–Crippen MR) is 39.8 cm³/mol. The molecule has 0 aliphatic rings. The maximum atomic E-state index is 9.96. The van der Waals surface area contributed by atoms with Crippen LogP contribution < -0.4 is 24.0 Å². The van der Waals surface area contributed by atoms with E-state index in [1.54, 1.807) is 0 Å². The Balaban J connectivity index is 0. The molecule has 0 bridgehead atoms. The zero-order valence-corrected chi connectivity index (χ0v) is 7.77. The topological polar surface area (TPSA) is 32.3 Å². The summed E-state index contributed by atoms with van der Waals surface area (Å²) in [4.78, 5) is 0. The fourth-order valence-corrected chi connectivity index (χ4v) is 0.655. The van der Waals surface area contributed by atoms with Crippen LogP contribution in [0.4, 0.5) is 0 Å². The van der Waals surface area contributed by atoms with Crippen molar-refractivity contribution in [2.75, 3.05) is 19.8 Å². The van der Waals surface area contributed by atoms with Crippen molar-refractivity contribution in [2.24, 2.45) is 0 Å². The van der Waals surface area contributed by atoms with Gasteiger partial charge in [-0.15, -0.1) is 6.61 Å². The Labute approximate surface area is 81.5 Å². The van der Waals surface area contributed by atoms with Crippen LogP contribution in [-0.4, -0.2) is 19.8 Å². The van der Waals surface area contributed by atoms with E-state index < -0.39 is 0 Å². The molecule has 0 aliphatic heterocycles. The van der Waals surface area contributed by atoms with Gasteiger partial charge in [-0.05, 0) is 12.8 Å². The fraction of sp³-hybridized carbons (Fsp3) is 1.00. The van der Waals surface area contributed by atoms with E-state index in [1.165, 1.54) is 6.42 Å². The molecule has 0 atom stereocenters. The van der Waals surface area contributed by atoms with E-state index in [0.29, 0.717) is 0 Å². The van der Waals surface area contributed by atoms with Gasteiger partial charge in [-0.3, -0.25) is 0 Å². The van der Waals surface area contributed by atoms with E-state index in [9.17, 15) is 5.11 Å². The summed E-state index contributed by atoms with van der Waals surface area (Å²) < 4.78 is 5.24. The minimum absolute atomic E-state index is 0. The van der Waals surface area contributed by atoms with Gasteiger partial charge in [-0.2, -0.15) is 0 Å². The van der Waals surface area contributed by atoms with Gasteiger partial charge >= 0.3 is 18.9 Å². The average Bonchev–Trinajstić information content (AvgIpc) is 1.97. The number of ether oxygens (including phenoxy) is 1. The molecule has 3 heteroatoms. The van der Waals surface area contributed by atoms with Gasteiger partial charge in [0.2, 0.25) is 0 Å². The summed E-state index contributed by atoms with van der Waals surface area (Å²) in [7, 11) is 0. The summed E-state index contributed by atoms with van der Waals surface area (Å²) >= 11 is 0. The van der Waals surface area contributed by atoms with E-state index in [1.807, 2.05) is 0 Å². The van der Waals surface area contributed by atoms with Gasteiger partial charge in [0.15, 0.2) is 0 Å². The molecule has 0 saturated heterocycles. The van der Waals surface area contributed by atoms with Crippen LogP contribution in [0.1, 0.15) is 32.6 Å². The third kappa shape index (κ3) is 13.5. The molecule has 0 aliphatic carbocycles. The van der Waals surface area contributed by atoms with E-state index >= 15 is 0 Å². The largest absolute Gasteiger partial charge is 1.00 e. The predicted octanol–water partition coefficient (Wildman–Crippen LogP) is -2.05. The van der Waals surface area contributed by atoms with Crippen molar-refractivity contribution < 1.29 is 28.7 Å². The minimum Gasteiger partial charge on any atom is -0.854 e. The van der Waals surface area contributed by atoms with Gasteiger partial charge in [0.05, 0.1) is 0 Å². The van der Waals surface area contributed by atoms with Crippen molar-refractivity contribution in [2.45, 2.75) is 32.6 Å². The molecule has 0 rings (SSSR count). The Bertz CT molecular complexity index is 52.1. The summed E-state index contributed by atoms with van der Waals surface area (Å²) in [6, 6.07) is 0. The molecule has 0 aromatic rings. The zero-order valence-electron chi connectivity index (χ0n) is 7.77. The Morgan fingerprint density at radius 3 is 2.27 bits per heavy atom. The molecule has 62 valence electrons. The molecule has 0 radical (unpaired) electrons. The van der Waals surface area contributed by atoms with Crippen LogP contribution >= 0.6 is 0 Å². The van der Waals surface area contributed by atoms with Crippen LogP contribution in [0.15, 0.2) is 0 Å². The van der Waals surface area contributed by atoms with Gasteiger partial charge in [-0.25, -0.2) is 0 Å². The summed E-state index contributed by atoms with van der Waals surface area (Å²) in [5.74, 6) is 0. The normalized spacial score (nSPS) is 9.27. The molecule has 0 aromatic heterocycles. The van der Waals surface area contributed by atoms with Gasteiger partial charge in [0.25, 0.3) is 0 Å². The molecular formula is C8H17LiO2. The summed E-state index contributed by atoms with van der Waals surface area (Å²) in [6.45, 7) is 3.80. The summed E-state index contributed by atoms with van der Waals surface area (Å²) in [5.41, 5.74) is 0. The second-order valence-electron chi connectivity index (χ2n) is 2.38. The van der Waals surface area contributed by atoms with Crippen LogP contribution in [0.5, 0.6) is 0 Å². The van der Waals surface area contributed by atoms with Crippen LogP contribution in [-0.2, 0) is 4.74 Å². The number of hydrogen-bond donors (Lipinski definition) is 0. The SMILES string of the molecule is CCCCOCCCC[O-].[Li+]. The smallest absolute Gasteiger partial charge is 0.854 e. The van der Waals surface area contributed by atoms with Crippen molar-refractivity contribution in [1.82, 2.24) is 0 Å². The van der Waals surface area contributed by atoms with E-state index in [0.717, 1.165) is 32.5 Å². The summed E-state index contributed by atoms with van der Waals surface area (Å²) in [5, 5.41) is 9.96. The molecule has 0 spiro atoms. The van der Waals surface area contributed by atoms with Gasteiger partial charge in [0, 0.05) is 13.2 Å². The minimum atomic E-state index is 0. The zero-order chi connectivity index (χ0) is 7.66. The quantitative estimate of drug-likeness (QED) is 0.310. The number of unbranched alkanes of at least 4 members (excludes halogenated alkanes) is 2. The Hall–Kier alpha value is 0.517. The average molecular weight is 152 g/mol. The molecule has 0 heterocycles. The second-order valence-corrected chi connectivity index (χ2v) is 2.38. The number of hydrogen-bond acceptors (Lipinski definition) is 2. The van der Waals surface area contributed by atoms with E-state index in [2.05, 4.69) is 6.92 Å². The number of rotatable bonds is 7. The first-order valence-electron chi connectivity index (χ1n) is 4.07. The Morgan fingerprint density at radius 2 is 1.73 bits per heavy atom. The maximum Gasteiger partial charge on any atom is 1.00 e. The van der Waals surface area contributed by atoms with Gasteiger partial charge in [0.1, 0.15) is 0 Å². The molecule has 2 nitrogen and oxygen atoms in total. The van der Waals surface area contributed by atoms with E-state index in [4.69, 9.17) is 4.74 Å². The first-order chi connectivity index (χ1) is 4.91. The Morgan fingerprint density at radius 1 is 1.09 bits per heavy atom. The van der Waals surface area contributed by atoms with Crippen LogP contribution in [0.2, 0.25) is 0 Å². The molecule has 0 fully saturated rings. The van der Waals surface area contributed by atoms with Crippen molar-refractivity contribution >= 4 is 0 Å². The van der Waals surface area contributed by atoms with Crippen LogP contribution in [0.3, 0.4) is 0 Å². The molecular weight excluding hydrogens is 135 g/mol. The Kier molecular flexibility index (Phi) is 16.8. The third-order valence-electron chi connectivity index (χ3n) is 1.33. The molecule has 0 aromatic carbocycles. The maximum absolute atomic E-state index is 9.96. The first-order valence-corrected chi connectivity index (χ1v) is 4.07. The molecule has 11 heavy (non-hydrogen) atoms. The third-order valence-corrected chi connectivity index (χ3v) is 1.33. The fourth-order valence-electron chi connectivity index (χ4n) is 0.655. The van der Waals surface area contributed by atoms with Crippen LogP contribution in [0, 0.1) is 0 Å². The monoisotopic (exact) mass is 152 g/mol. The first kappa shape index (κ1) is 14.1. The molecule has 0 N–H and O–H groups in total. The van der Waals surface area contributed by atoms with Gasteiger partial charge in [-0.1, -0.05) is 19.8 Å². The standard InChI is InChI=1S/C8H17O2.Li/c1-2-3-7-10-8-5-4-6-9;/h2-8H2,1H3;/q-1;+1. The van der Waals surface area contributed by atoms with Crippen molar-refractivity contribution in [3.05, 3.63) is 0 Å². The molecule has 0 saturated carbocycles. The molecule has 0 unspecified atom stereocenters. The van der Waals surface area contributed by atoms with Gasteiger partial charge < -0.3 is 9.84 Å². The van der Waals surface area contributed by atoms with Crippen LogP contribution in [0.25, 0.3) is 0 Å². The molecule has 0 amide bonds. The van der Waals surface area contributed by atoms with Crippen molar-refractivity contribution in [1.29, 1.82) is 0 Å².